The first-order valence-electron chi connectivity index (χ1n) is 8.81. The van der Waals surface area contributed by atoms with Crippen molar-refractivity contribution in [3.63, 3.8) is 0 Å². The van der Waals surface area contributed by atoms with Gasteiger partial charge in [-0.25, -0.2) is 9.67 Å². The molecule has 0 atom stereocenters. The van der Waals surface area contributed by atoms with E-state index in [0.29, 0.717) is 12.4 Å². The van der Waals surface area contributed by atoms with Gasteiger partial charge in [-0.15, -0.1) is 24.0 Å². The van der Waals surface area contributed by atoms with E-state index in [4.69, 9.17) is 4.74 Å². The summed E-state index contributed by atoms with van der Waals surface area (Å²) >= 11 is 0. The Kier molecular flexibility index (Phi) is 8.73. The van der Waals surface area contributed by atoms with Crippen molar-refractivity contribution in [2.24, 2.45) is 4.99 Å². The first-order valence-corrected chi connectivity index (χ1v) is 8.81. The van der Waals surface area contributed by atoms with Gasteiger partial charge in [-0.3, -0.25) is 4.99 Å². The summed E-state index contributed by atoms with van der Waals surface area (Å²) in [6, 6.07) is 14.2. The molecule has 0 radical (unpaired) electrons. The Bertz CT molecular complexity index is 865. The lowest BCUT2D eigenvalue weighted by atomic mass is 10.1. The third kappa shape index (κ3) is 6.22. The molecular formula is C20H25IN6O. The predicted molar refractivity (Wildman–Crippen MR) is 122 cm³/mol. The van der Waals surface area contributed by atoms with Crippen LogP contribution >= 0.6 is 24.0 Å². The topological polar surface area (TPSA) is 76.4 Å². The molecule has 8 heteroatoms. The summed E-state index contributed by atoms with van der Waals surface area (Å²) in [6.45, 7) is 1.44. The van der Waals surface area contributed by atoms with Crippen molar-refractivity contribution in [2.75, 3.05) is 20.7 Å². The first-order chi connectivity index (χ1) is 13.3. The summed E-state index contributed by atoms with van der Waals surface area (Å²) in [7, 11) is 3.38. The molecule has 0 bridgehead atoms. The van der Waals surface area contributed by atoms with Gasteiger partial charge in [0.25, 0.3) is 0 Å². The Balaban J connectivity index is 0.00000280. The molecule has 2 N–H and O–H groups in total. The van der Waals surface area contributed by atoms with Gasteiger partial charge in [-0.05, 0) is 41.8 Å². The number of hydrogen-bond donors (Lipinski definition) is 2. The van der Waals surface area contributed by atoms with Gasteiger partial charge in [-0.2, -0.15) is 5.10 Å². The Morgan fingerprint density at radius 2 is 1.93 bits per heavy atom. The van der Waals surface area contributed by atoms with E-state index in [1.807, 2.05) is 29.1 Å². The fourth-order valence-electron chi connectivity index (χ4n) is 2.64. The third-order valence-electron chi connectivity index (χ3n) is 4.10. The Morgan fingerprint density at radius 1 is 1.11 bits per heavy atom. The lowest BCUT2D eigenvalue weighted by molar-refractivity contribution is 0.397. The summed E-state index contributed by atoms with van der Waals surface area (Å²) in [4.78, 5) is 8.37. The Hall–Kier alpha value is -2.62. The summed E-state index contributed by atoms with van der Waals surface area (Å²) in [6.07, 6.45) is 6.35. The molecule has 2 aromatic heterocycles. The van der Waals surface area contributed by atoms with Crippen LogP contribution in [0, 0.1) is 0 Å². The number of aromatic nitrogens is 3. The highest BCUT2D eigenvalue weighted by Crippen LogP contribution is 2.09. The van der Waals surface area contributed by atoms with Crippen LogP contribution in [0.1, 0.15) is 11.1 Å². The van der Waals surface area contributed by atoms with Crippen LogP contribution in [0.3, 0.4) is 0 Å². The van der Waals surface area contributed by atoms with Gasteiger partial charge in [0.1, 0.15) is 0 Å². The van der Waals surface area contributed by atoms with E-state index in [1.165, 1.54) is 5.56 Å². The van der Waals surface area contributed by atoms with Crippen molar-refractivity contribution in [1.82, 2.24) is 25.4 Å². The quantitative estimate of drug-likeness (QED) is 0.302. The van der Waals surface area contributed by atoms with Gasteiger partial charge >= 0.3 is 0 Å². The fourth-order valence-corrected chi connectivity index (χ4v) is 2.64. The second-order valence-electron chi connectivity index (χ2n) is 5.93. The molecule has 3 aromatic rings. The molecule has 0 unspecified atom stereocenters. The summed E-state index contributed by atoms with van der Waals surface area (Å²) in [5.41, 5.74) is 3.40. The lowest BCUT2D eigenvalue weighted by Gasteiger charge is -2.12. The fraction of sp³-hybridized carbons (Fsp3) is 0.250. The molecule has 28 heavy (non-hydrogen) atoms. The molecule has 1 aromatic carbocycles. The van der Waals surface area contributed by atoms with Crippen molar-refractivity contribution < 1.29 is 4.74 Å². The SMILES string of the molecule is CN=C(NCCc1ccc(-n2cccn2)cc1)NCc1ccnc(OC)c1.I. The number of benzene rings is 1. The molecule has 0 aliphatic rings. The largest absolute Gasteiger partial charge is 0.481 e. The van der Waals surface area contributed by atoms with Crippen LogP contribution in [-0.4, -0.2) is 41.4 Å². The van der Waals surface area contributed by atoms with Gasteiger partial charge in [0, 0.05) is 44.8 Å². The smallest absolute Gasteiger partial charge is 0.213 e. The maximum absolute atomic E-state index is 5.14. The van der Waals surface area contributed by atoms with E-state index >= 15 is 0 Å². The van der Waals surface area contributed by atoms with Gasteiger partial charge in [-0.1, -0.05) is 12.1 Å². The van der Waals surface area contributed by atoms with Crippen molar-refractivity contribution in [3.8, 4) is 11.6 Å². The summed E-state index contributed by atoms with van der Waals surface area (Å²) < 4.78 is 6.99. The standard InChI is InChI=1S/C20H24N6O.HI/c1-21-20(24-15-17-9-11-22-19(14-17)27-2)23-12-8-16-4-6-18(7-5-16)26-13-3-10-25-26;/h3-7,9-11,13-14H,8,12,15H2,1-2H3,(H2,21,23,24);1H. The molecule has 2 heterocycles. The Labute approximate surface area is 182 Å². The Morgan fingerprint density at radius 3 is 2.61 bits per heavy atom. The molecule has 0 spiro atoms. The molecule has 148 valence electrons. The number of hydrogen-bond acceptors (Lipinski definition) is 4. The third-order valence-corrected chi connectivity index (χ3v) is 4.10. The van der Waals surface area contributed by atoms with Gasteiger partial charge in [0.2, 0.25) is 5.88 Å². The number of aliphatic imine (C=N–C) groups is 1. The zero-order chi connectivity index (χ0) is 18.9. The highest BCUT2D eigenvalue weighted by atomic mass is 127. The average Bonchev–Trinajstić information content (AvgIpc) is 3.26. The predicted octanol–water partition coefficient (Wildman–Crippen LogP) is 2.80. The molecule has 0 fully saturated rings. The maximum atomic E-state index is 5.14. The van der Waals surface area contributed by atoms with Gasteiger partial charge < -0.3 is 15.4 Å². The zero-order valence-corrected chi connectivity index (χ0v) is 18.3. The van der Waals surface area contributed by atoms with Crippen LogP contribution in [0.5, 0.6) is 5.88 Å². The van der Waals surface area contributed by atoms with E-state index in [0.717, 1.165) is 30.2 Å². The maximum Gasteiger partial charge on any atom is 0.213 e. The first kappa shape index (κ1) is 21.7. The highest BCUT2D eigenvalue weighted by molar-refractivity contribution is 14.0. The van der Waals surface area contributed by atoms with Gasteiger partial charge in [0.15, 0.2) is 5.96 Å². The van der Waals surface area contributed by atoms with Crippen LogP contribution in [0.15, 0.2) is 66.0 Å². The van der Waals surface area contributed by atoms with Crippen LogP contribution in [0.4, 0.5) is 0 Å². The van der Waals surface area contributed by atoms with E-state index in [-0.39, 0.29) is 24.0 Å². The van der Waals surface area contributed by atoms with Crippen LogP contribution in [0.25, 0.3) is 5.69 Å². The molecule has 0 aliphatic carbocycles. The van der Waals surface area contributed by atoms with E-state index in [9.17, 15) is 0 Å². The number of ether oxygens (including phenoxy) is 1. The molecule has 7 nitrogen and oxygen atoms in total. The molecule has 0 aliphatic heterocycles. The average molecular weight is 492 g/mol. The number of rotatable bonds is 7. The summed E-state index contributed by atoms with van der Waals surface area (Å²) in [5.74, 6) is 1.37. The van der Waals surface area contributed by atoms with E-state index in [2.05, 4.69) is 50.0 Å². The number of guanidine groups is 1. The number of nitrogens with zero attached hydrogens (tertiary/aromatic N) is 4. The number of halogens is 1. The highest BCUT2D eigenvalue weighted by Gasteiger charge is 2.01. The number of pyridine rings is 1. The molecule has 0 saturated heterocycles. The zero-order valence-electron chi connectivity index (χ0n) is 16.0. The van der Waals surface area contributed by atoms with E-state index in [1.54, 1.807) is 26.6 Å². The monoisotopic (exact) mass is 492 g/mol. The number of nitrogens with one attached hydrogen (secondary N) is 2. The van der Waals surface area contributed by atoms with Crippen molar-refractivity contribution in [3.05, 3.63) is 72.2 Å². The molecular weight excluding hydrogens is 467 g/mol. The van der Waals surface area contributed by atoms with Crippen LogP contribution in [-0.2, 0) is 13.0 Å². The number of methoxy groups -OCH3 is 1. The second kappa shape index (κ2) is 11.3. The minimum atomic E-state index is 0. The molecule has 3 rings (SSSR count). The summed E-state index contributed by atoms with van der Waals surface area (Å²) in [5, 5.41) is 10.9. The molecule has 0 amide bonds. The van der Waals surface area contributed by atoms with Crippen molar-refractivity contribution in [2.45, 2.75) is 13.0 Å². The van der Waals surface area contributed by atoms with Crippen LogP contribution in [0.2, 0.25) is 0 Å². The van der Waals surface area contributed by atoms with Crippen molar-refractivity contribution in [1.29, 1.82) is 0 Å². The molecule has 0 saturated carbocycles. The minimum absolute atomic E-state index is 0. The lowest BCUT2D eigenvalue weighted by Crippen LogP contribution is -2.37. The van der Waals surface area contributed by atoms with E-state index < -0.39 is 0 Å². The minimum Gasteiger partial charge on any atom is -0.481 e. The normalized spacial score (nSPS) is 10.9. The second-order valence-corrected chi connectivity index (χ2v) is 5.93. The van der Waals surface area contributed by atoms with Crippen molar-refractivity contribution >= 4 is 29.9 Å². The van der Waals surface area contributed by atoms with Crippen LogP contribution < -0.4 is 15.4 Å². The van der Waals surface area contributed by atoms with Gasteiger partial charge in [0.05, 0.1) is 12.8 Å².